The first-order chi connectivity index (χ1) is 6.74. The highest BCUT2D eigenvalue weighted by Crippen LogP contribution is 2.10. The second kappa shape index (κ2) is 5.36. The van der Waals surface area contributed by atoms with Gasteiger partial charge >= 0.3 is 0 Å². The van der Waals surface area contributed by atoms with Crippen molar-refractivity contribution >= 4 is 5.97 Å². The molecule has 1 aromatic rings. The number of carbonyl (C=O) groups excluding carboxylic acids is 1. The van der Waals surface area contributed by atoms with Crippen LogP contribution < -0.4 is 10.4 Å². The normalized spacial score (nSPS) is 12.4. The molecular weight excluding hydrogens is 182 g/mol. The van der Waals surface area contributed by atoms with Crippen molar-refractivity contribution in [2.75, 3.05) is 13.2 Å². The first-order valence-corrected chi connectivity index (χ1v) is 4.33. The van der Waals surface area contributed by atoms with Gasteiger partial charge in [0.25, 0.3) is 0 Å². The highest BCUT2D eigenvalue weighted by Gasteiger charge is 2.07. The fourth-order valence-corrected chi connectivity index (χ4v) is 1.18. The zero-order valence-corrected chi connectivity index (χ0v) is 7.64. The van der Waals surface area contributed by atoms with Crippen molar-refractivity contribution in [2.24, 2.45) is 0 Å². The summed E-state index contributed by atoms with van der Waals surface area (Å²) in [5.41, 5.74) is 0.858. The molecule has 0 spiro atoms. The molecule has 4 nitrogen and oxygen atoms in total. The van der Waals surface area contributed by atoms with E-state index >= 15 is 0 Å². The van der Waals surface area contributed by atoms with Crippen LogP contribution in [0.2, 0.25) is 0 Å². The van der Waals surface area contributed by atoms with Crippen LogP contribution in [-0.2, 0) is 4.79 Å². The molecule has 0 saturated heterocycles. The molecule has 1 atom stereocenters. The maximum Gasteiger partial charge on any atom is 0.0626 e. The highest BCUT2D eigenvalue weighted by molar-refractivity contribution is 5.66. The van der Waals surface area contributed by atoms with E-state index in [1.165, 1.54) is 0 Å². The molecular formula is C10H12NO3-. The second-order valence-electron chi connectivity index (χ2n) is 2.90. The molecule has 0 aliphatic heterocycles. The van der Waals surface area contributed by atoms with Gasteiger partial charge in [-0.2, -0.15) is 0 Å². The Bertz CT molecular complexity index is 287. The van der Waals surface area contributed by atoms with E-state index in [1.807, 2.05) is 30.3 Å². The van der Waals surface area contributed by atoms with Gasteiger partial charge in [-0.3, -0.25) is 0 Å². The number of benzene rings is 1. The molecule has 2 N–H and O–H groups in total. The van der Waals surface area contributed by atoms with E-state index in [0.717, 1.165) is 5.56 Å². The van der Waals surface area contributed by atoms with Gasteiger partial charge in [-0.1, -0.05) is 30.3 Å². The molecule has 76 valence electrons. The average molecular weight is 194 g/mol. The summed E-state index contributed by atoms with van der Waals surface area (Å²) in [6.45, 7) is -0.405. The van der Waals surface area contributed by atoms with Crippen molar-refractivity contribution in [2.45, 2.75) is 6.04 Å². The zero-order chi connectivity index (χ0) is 10.4. The summed E-state index contributed by atoms with van der Waals surface area (Å²) in [4.78, 5) is 10.2. The van der Waals surface area contributed by atoms with Crippen molar-refractivity contribution in [3.8, 4) is 0 Å². The maximum atomic E-state index is 10.2. The van der Waals surface area contributed by atoms with Crippen LogP contribution in [0, 0.1) is 0 Å². The minimum absolute atomic E-state index is 0.142. The van der Waals surface area contributed by atoms with Gasteiger partial charge in [-0.25, -0.2) is 0 Å². The summed E-state index contributed by atoms with van der Waals surface area (Å²) in [6, 6.07) is 8.81. The van der Waals surface area contributed by atoms with Crippen LogP contribution in [0.1, 0.15) is 11.6 Å². The van der Waals surface area contributed by atoms with Crippen molar-refractivity contribution in [1.29, 1.82) is 0 Å². The predicted molar refractivity (Wildman–Crippen MR) is 49.3 cm³/mol. The van der Waals surface area contributed by atoms with Gasteiger partial charge < -0.3 is 20.3 Å². The minimum Gasteiger partial charge on any atom is -0.549 e. The minimum atomic E-state index is -1.18. The Morgan fingerprint density at radius 1 is 1.43 bits per heavy atom. The first kappa shape index (κ1) is 10.7. The number of carboxylic acids is 1. The third-order valence-electron chi connectivity index (χ3n) is 1.88. The second-order valence-corrected chi connectivity index (χ2v) is 2.90. The quantitative estimate of drug-likeness (QED) is 0.634. The summed E-state index contributed by atoms with van der Waals surface area (Å²) < 4.78 is 0. The molecule has 0 aliphatic carbocycles. The number of aliphatic hydroxyl groups excluding tert-OH is 1. The van der Waals surface area contributed by atoms with E-state index < -0.39 is 5.97 Å². The Balaban J connectivity index is 2.58. The topological polar surface area (TPSA) is 72.4 Å². The van der Waals surface area contributed by atoms with Gasteiger partial charge in [0.1, 0.15) is 0 Å². The van der Waals surface area contributed by atoms with E-state index in [4.69, 9.17) is 5.11 Å². The Labute approximate surface area is 82.2 Å². The van der Waals surface area contributed by atoms with E-state index in [1.54, 1.807) is 0 Å². The molecule has 1 unspecified atom stereocenters. The summed E-state index contributed by atoms with van der Waals surface area (Å²) in [5, 5.41) is 21.9. The number of carbonyl (C=O) groups is 1. The van der Waals surface area contributed by atoms with Crippen molar-refractivity contribution in [3.63, 3.8) is 0 Å². The van der Waals surface area contributed by atoms with Crippen LogP contribution >= 0.6 is 0 Å². The molecule has 14 heavy (non-hydrogen) atoms. The van der Waals surface area contributed by atoms with Crippen LogP contribution in [-0.4, -0.2) is 24.2 Å². The monoisotopic (exact) mass is 194 g/mol. The Morgan fingerprint density at radius 2 is 2.07 bits per heavy atom. The zero-order valence-electron chi connectivity index (χ0n) is 7.64. The lowest BCUT2D eigenvalue weighted by Gasteiger charge is -2.16. The lowest BCUT2D eigenvalue weighted by Crippen LogP contribution is -2.37. The van der Waals surface area contributed by atoms with Gasteiger partial charge in [-0.15, -0.1) is 0 Å². The Hall–Kier alpha value is -1.39. The molecule has 0 heterocycles. The third kappa shape index (κ3) is 3.16. The fraction of sp³-hybridized carbons (Fsp3) is 0.300. The smallest absolute Gasteiger partial charge is 0.0626 e. The number of hydrogen-bond donors (Lipinski definition) is 2. The molecule has 4 heteroatoms. The fourth-order valence-electron chi connectivity index (χ4n) is 1.18. The molecule has 0 aliphatic rings. The largest absolute Gasteiger partial charge is 0.549 e. The number of aliphatic hydroxyl groups is 1. The molecule has 0 bridgehead atoms. The molecule has 0 saturated carbocycles. The Kier molecular flexibility index (Phi) is 4.10. The van der Waals surface area contributed by atoms with Gasteiger partial charge in [0, 0.05) is 6.54 Å². The lowest BCUT2D eigenvalue weighted by atomic mass is 10.1. The van der Waals surface area contributed by atoms with Crippen molar-refractivity contribution in [1.82, 2.24) is 5.32 Å². The van der Waals surface area contributed by atoms with E-state index in [9.17, 15) is 9.90 Å². The van der Waals surface area contributed by atoms with Gasteiger partial charge in [-0.05, 0) is 5.56 Å². The van der Waals surface area contributed by atoms with Crippen LogP contribution in [0.4, 0.5) is 0 Å². The van der Waals surface area contributed by atoms with Crippen LogP contribution in [0.3, 0.4) is 0 Å². The molecule has 0 amide bonds. The number of hydrogen-bond acceptors (Lipinski definition) is 4. The number of rotatable bonds is 5. The molecule has 1 aromatic carbocycles. The summed E-state index contributed by atoms with van der Waals surface area (Å²) in [7, 11) is 0. The molecule has 0 aromatic heterocycles. The average Bonchev–Trinajstić information content (AvgIpc) is 2.20. The van der Waals surface area contributed by atoms with Crippen LogP contribution in [0.25, 0.3) is 0 Å². The van der Waals surface area contributed by atoms with Crippen molar-refractivity contribution in [3.05, 3.63) is 35.9 Å². The van der Waals surface area contributed by atoms with Gasteiger partial charge in [0.05, 0.1) is 18.6 Å². The molecule has 1 rings (SSSR count). The molecule has 0 fully saturated rings. The SMILES string of the molecule is O=C([O-])CNC(CO)c1ccccc1. The first-order valence-electron chi connectivity index (χ1n) is 4.33. The predicted octanol–water partition coefficient (Wildman–Crippen LogP) is -0.940. The van der Waals surface area contributed by atoms with Gasteiger partial charge in [0.15, 0.2) is 0 Å². The summed E-state index contributed by atoms with van der Waals surface area (Å²) in [6.07, 6.45) is 0. The number of nitrogens with one attached hydrogen (secondary N) is 1. The summed E-state index contributed by atoms with van der Waals surface area (Å²) in [5.74, 6) is -1.18. The van der Waals surface area contributed by atoms with E-state index in [0.29, 0.717) is 0 Å². The number of carboxylic acid groups (broad SMARTS) is 1. The van der Waals surface area contributed by atoms with Gasteiger partial charge in [0.2, 0.25) is 0 Å². The van der Waals surface area contributed by atoms with Crippen LogP contribution in [0.5, 0.6) is 0 Å². The van der Waals surface area contributed by atoms with Crippen molar-refractivity contribution < 1.29 is 15.0 Å². The maximum absolute atomic E-state index is 10.2. The summed E-state index contributed by atoms with van der Waals surface area (Å²) >= 11 is 0. The Morgan fingerprint density at radius 3 is 2.57 bits per heavy atom. The third-order valence-corrected chi connectivity index (χ3v) is 1.88. The number of aliphatic carboxylic acids is 1. The van der Waals surface area contributed by atoms with E-state index in [-0.39, 0.29) is 19.2 Å². The molecule has 0 radical (unpaired) electrons. The van der Waals surface area contributed by atoms with E-state index in [2.05, 4.69) is 5.32 Å². The highest BCUT2D eigenvalue weighted by atomic mass is 16.4. The standard InChI is InChI=1S/C10H13NO3/c12-7-9(11-6-10(13)14)8-4-2-1-3-5-8/h1-5,9,11-12H,6-7H2,(H,13,14)/p-1. The van der Waals surface area contributed by atoms with Crippen LogP contribution in [0.15, 0.2) is 30.3 Å². The lowest BCUT2D eigenvalue weighted by molar-refractivity contribution is -0.304.